The number of hydrogen-bond donors (Lipinski definition) is 2. The molecule has 0 spiro atoms. The highest BCUT2D eigenvalue weighted by atomic mass is 16.5. The summed E-state index contributed by atoms with van der Waals surface area (Å²) in [5.41, 5.74) is 2.29. The quantitative estimate of drug-likeness (QED) is 0.690. The van der Waals surface area contributed by atoms with Crippen LogP contribution in [-0.2, 0) is 11.2 Å². The molecule has 0 saturated heterocycles. The Bertz CT molecular complexity index is 661. The van der Waals surface area contributed by atoms with E-state index in [0.717, 1.165) is 17.0 Å². The Balaban J connectivity index is 1.87. The van der Waals surface area contributed by atoms with E-state index in [1.54, 1.807) is 26.5 Å². The number of ether oxygens (including phenoxy) is 2. The van der Waals surface area contributed by atoms with Crippen LogP contribution in [0.2, 0.25) is 0 Å². The van der Waals surface area contributed by atoms with Crippen molar-refractivity contribution in [3.05, 3.63) is 53.9 Å². The molecule has 0 bridgehead atoms. The molecule has 0 unspecified atom stereocenters. The van der Waals surface area contributed by atoms with E-state index in [1.165, 1.54) is 0 Å². The van der Waals surface area contributed by atoms with Crippen LogP contribution in [0.3, 0.4) is 0 Å². The molecule has 0 aliphatic heterocycles. The smallest absolute Gasteiger partial charge is 0.269 e. The highest BCUT2D eigenvalue weighted by molar-refractivity contribution is 5.93. The van der Waals surface area contributed by atoms with Gasteiger partial charge in [-0.3, -0.25) is 9.78 Å². The third-order valence-electron chi connectivity index (χ3n) is 3.50. The molecule has 0 radical (unpaired) electrons. The molecule has 0 fully saturated rings. The number of pyridine rings is 1. The molecular formula is C18H23N3O3. The minimum atomic E-state index is -0.194. The summed E-state index contributed by atoms with van der Waals surface area (Å²) < 4.78 is 10.3. The molecule has 0 aliphatic carbocycles. The van der Waals surface area contributed by atoms with Crippen LogP contribution in [0.5, 0.6) is 5.75 Å². The fraction of sp³-hybridized carbons (Fsp3) is 0.333. The van der Waals surface area contributed by atoms with Crippen LogP contribution < -0.4 is 15.4 Å². The first-order valence-corrected chi connectivity index (χ1v) is 7.83. The number of amides is 1. The van der Waals surface area contributed by atoms with E-state index in [1.807, 2.05) is 30.3 Å². The van der Waals surface area contributed by atoms with Gasteiger partial charge in [-0.2, -0.15) is 0 Å². The molecule has 0 atom stereocenters. The predicted molar refractivity (Wildman–Crippen MR) is 93.6 cm³/mol. The van der Waals surface area contributed by atoms with E-state index >= 15 is 0 Å². The maximum absolute atomic E-state index is 12.2. The van der Waals surface area contributed by atoms with Crippen LogP contribution in [0.4, 0.5) is 5.69 Å². The van der Waals surface area contributed by atoms with E-state index in [-0.39, 0.29) is 5.91 Å². The topological polar surface area (TPSA) is 72.5 Å². The zero-order chi connectivity index (χ0) is 17.2. The SMILES string of the molecule is COCCNc1ccnc(C(=O)NCCc2ccccc2OC)c1. The third kappa shape index (κ3) is 5.24. The number of aromatic nitrogens is 1. The molecule has 1 aromatic heterocycles. The van der Waals surface area contributed by atoms with Crippen LogP contribution in [0.1, 0.15) is 16.1 Å². The van der Waals surface area contributed by atoms with Crippen molar-refractivity contribution in [2.75, 3.05) is 39.2 Å². The van der Waals surface area contributed by atoms with Crippen molar-refractivity contribution >= 4 is 11.6 Å². The standard InChI is InChI=1S/C18H23N3O3/c1-23-12-11-19-15-8-10-20-16(13-15)18(22)21-9-7-14-5-3-4-6-17(14)24-2/h3-6,8,10,13H,7,9,11-12H2,1-2H3,(H,19,20)(H,21,22). The van der Waals surface area contributed by atoms with Gasteiger partial charge in [0.2, 0.25) is 0 Å². The number of methoxy groups -OCH3 is 2. The van der Waals surface area contributed by atoms with Crippen LogP contribution >= 0.6 is 0 Å². The Labute approximate surface area is 142 Å². The van der Waals surface area contributed by atoms with Gasteiger partial charge in [-0.1, -0.05) is 18.2 Å². The Hall–Kier alpha value is -2.60. The van der Waals surface area contributed by atoms with Gasteiger partial charge in [0.05, 0.1) is 13.7 Å². The predicted octanol–water partition coefficient (Wildman–Crippen LogP) is 2.12. The Morgan fingerprint density at radius 1 is 1.17 bits per heavy atom. The molecule has 6 nitrogen and oxygen atoms in total. The van der Waals surface area contributed by atoms with Crippen molar-refractivity contribution in [2.24, 2.45) is 0 Å². The highest BCUT2D eigenvalue weighted by Crippen LogP contribution is 2.17. The molecule has 128 valence electrons. The monoisotopic (exact) mass is 329 g/mol. The fourth-order valence-electron chi connectivity index (χ4n) is 2.27. The van der Waals surface area contributed by atoms with Crippen LogP contribution in [0.15, 0.2) is 42.6 Å². The van der Waals surface area contributed by atoms with Crippen LogP contribution in [0.25, 0.3) is 0 Å². The van der Waals surface area contributed by atoms with Gasteiger partial charge in [-0.05, 0) is 30.2 Å². The van der Waals surface area contributed by atoms with Gasteiger partial charge in [0, 0.05) is 32.1 Å². The first-order chi connectivity index (χ1) is 11.7. The summed E-state index contributed by atoms with van der Waals surface area (Å²) >= 11 is 0. The molecule has 1 heterocycles. The van der Waals surface area contributed by atoms with E-state index in [0.29, 0.717) is 31.8 Å². The third-order valence-corrected chi connectivity index (χ3v) is 3.50. The second-order valence-corrected chi connectivity index (χ2v) is 5.17. The summed E-state index contributed by atoms with van der Waals surface area (Å²) in [6.45, 7) is 1.79. The number of hydrogen-bond acceptors (Lipinski definition) is 5. The van der Waals surface area contributed by atoms with Gasteiger partial charge in [-0.25, -0.2) is 0 Å². The molecule has 6 heteroatoms. The summed E-state index contributed by atoms with van der Waals surface area (Å²) in [6, 6.07) is 11.3. The van der Waals surface area contributed by atoms with E-state index in [9.17, 15) is 4.79 Å². The van der Waals surface area contributed by atoms with Crippen LogP contribution in [0, 0.1) is 0 Å². The average molecular weight is 329 g/mol. The van der Waals surface area contributed by atoms with Gasteiger partial charge in [0.25, 0.3) is 5.91 Å². The summed E-state index contributed by atoms with van der Waals surface area (Å²) in [4.78, 5) is 16.3. The first-order valence-electron chi connectivity index (χ1n) is 7.83. The number of carbonyl (C=O) groups is 1. The number of carbonyl (C=O) groups excluding carboxylic acids is 1. The minimum Gasteiger partial charge on any atom is -0.496 e. The number of nitrogens with zero attached hydrogens (tertiary/aromatic N) is 1. The first kappa shape index (κ1) is 17.7. The largest absolute Gasteiger partial charge is 0.496 e. The summed E-state index contributed by atoms with van der Waals surface area (Å²) in [5, 5.41) is 6.06. The van der Waals surface area contributed by atoms with Crippen molar-refractivity contribution in [3.8, 4) is 5.75 Å². The van der Waals surface area contributed by atoms with Crippen LogP contribution in [-0.4, -0.2) is 44.8 Å². The lowest BCUT2D eigenvalue weighted by Crippen LogP contribution is -2.26. The summed E-state index contributed by atoms with van der Waals surface area (Å²) in [6.07, 6.45) is 2.31. The van der Waals surface area contributed by atoms with Gasteiger partial charge >= 0.3 is 0 Å². The van der Waals surface area contributed by atoms with Gasteiger partial charge in [-0.15, -0.1) is 0 Å². The molecule has 1 aromatic carbocycles. The van der Waals surface area contributed by atoms with Crippen molar-refractivity contribution in [1.82, 2.24) is 10.3 Å². The van der Waals surface area contributed by atoms with E-state index < -0.39 is 0 Å². The lowest BCUT2D eigenvalue weighted by molar-refractivity contribution is 0.0949. The average Bonchev–Trinajstić information content (AvgIpc) is 2.62. The second-order valence-electron chi connectivity index (χ2n) is 5.17. The maximum Gasteiger partial charge on any atom is 0.269 e. The van der Waals surface area contributed by atoms with Crippen molar-refractivity contribution in [1.29, 1.82) is 0 Å². The van der Waals surface area contributed by atoms with Gasteiger partial charge in [0.1, 0.15) is 11.4 Å². The normalized spacial score (nSPS) is 10.2. The minimum absolute atomic E-state index is 0.194. The molecule has 1 amide bonds. The number of benzene rings is 1. The van der Waals surface area contributed by atoms with E-state index in [2.05, 4.69) is 15.6 Å². The number of rotatable bonds is 9. The Kier molecular flexibility index (Phi) is 7.04. The highest BCUT2D eigenvalue weighted by Gasteiger charge is 2.08. The zero-order valence-electron chi connectivity index (χ0n) is 14.0. The van der Waals surface area contributed by atoms with Gasteiger partial charge in [0.15, 0.2) is 0 Å². The van der Waals surface area contributed by atoms with Gasteiger partial charge < -0.3 is 20.1 Å². The Morgan fingerprint density at radius 2 is 2.00 bits per heavy atom. The molecule has 24 heavy (non-hydrogen) atoms. The summed E-state index contributed by atoms with van der Waals surface area (Å²) in [7, 11) is 3.29. The molecule has 2 rings (SSSR count). The molecular weight excluding hydrogens is 306 g/mol. The van der Waals surface area contributed by atoms with E-state index in [4.69, 9.17) is 9.47 Å². The second kappa shape index (κ2) is 9.52. The lowest BCUT2D eigenvalue weighted by atomic mass is 10.1. The number of anilines is 1. The Morgan fingerprint density at radius 3 is 2.79 bits per heavy atom. The number of nitrogens with one attached hydrogen (secondary N) is 2. The zero-order valence-corrected chi connectivity index (χ0v) is 14.0. The maximum atomic E-state index is 12.2. The molecule has 0 aliphatic rings. The summed E-state index contributed by atoms with van der Waals surface area (Å²) in [5.74, 6) is 0.634. The number of para-hydroxylation sites is 1. The molecule has 2 N–H and O–H groups in total. The lowest BCUT2D eigenvalue weighted by Gasteiger charge is -2.10. The molecule has 0 saturated carbocycles. The molecule has 2 aromatic rings. The van der Waals surface area contributed by atoms with Crippen molar-refractivity contribution < 1.29 is 14.3 Å². The van der Waals surface area contributed by atoms with Crippen molar-refractivity contribution in [2.45, 2.75) is 6.42 Å². The van der Waals surface area contributed by atoms with Crippen molar-refractivity contribution in [3.63, 3.8) is 0 Å². The fourth-order valence-corrected chi connectivity index (χ4v) is 2.27.